The fourth-order valence-corrected chi connectivity index (χ4v) is 2.95. The van der Waals surface area contributed by atoms with Crippen LogP contribution in [0.2, 0.25) is 0 Å². The molecule has 24 heavy (non-hydrogen) atoms. The van der Waals surface area contributed by atoms with Gasteiger partial charge in [-0.3, -0.25) is 0 Å². The number of nitrogens with one attached hydrogen (secondary N) is 1. The molecular formula is C17H21N3O4. The van der Waals surface area contributed by atoms with Crippen molar-refractivity contribution in [2.75, 3.05) is 26.1 Å². The van der Waals surface area contributed by atoms with Gasteiger partial charge >= 0.3 is 6.03 Å². The van der Waals surface area contributed by atoms with Crippen molar-refractivity contribution in [3.63, 3.8) is 0 Å². The Morgan fingerprint density at radius 3 is 2.83 bits per heavy atom. The molecule has 2 aromatic rings. The number of ether oxygens (including phenoxy) is 2. The van der Waals surface area contributed by atoms with Gasteiger partial charge in [0.05, 0.1) is 25.9 Å². The molecule has 0 aliphatic carbocycles. The maximum Gasteiger partial charge on any atom is 0.322 e. The summed E-state index contributed by atoms with van der Waals surface area (Å²) in [5, 5.41) is 6.97. The first-order chi connectivity index (χ1) is 11.6. The van der Waals surface area contributed by atoms with E-state index in [4.69, 9.17) is 14.0 Å². The SMILES string of the molecule is COc1ccc(NC(=O)N2CCCC2c2cc(C)on2)c(OC)c1. The topological polar surface area (TPSA) is 76.8 Å². The molecule has 0 saturated carbocycles. The number of carbonyl (C=O) groups excluding carboxylic acids is 1. The van der Waals surface area contributed by atoms with E-state index in [9.17, 15) is 4.79 Å². The van der Waals surface area contributed by atoms with Gasteiger partial charge in [0.15, 0.2) is 0 Å². The first kappa shape index (κ1) is 16.2. The molecule has 0 spiro atoms. The summed E-state index contributed by atoms with van der Waals surface area (Å²) in [6.07, 6.45) is 1.81. The molecule has 1 unspecified atom stereocenters. The van der Waals surface area contributed by atoms with E-state index in [1.807, 2.05) is 13.0 Å². The second-order valence-corrected chi connectivity index (χ2v) is 5.71. The van der Waals surface area contributed by atoms with E-state index in [0.717, 1.165) is 24.3 Å². The van der Waals surface area contributed by atoms with Crippen LogP contribution in [-0.2, 0) is 0 Å². The summed E-state index contributed by atoms with van der Waals surface area (Å²) in [7, 11) is 3.14. The van der Waals surface area contributed by atoms with E-state index in [2.05, 4.69) is 10.5 Å². The average Bonchev–Trinajstić information content (AvgIpc) is 3.23. The van der Waals surface area contributed by atoms with Gasteiger partial charge in [0.1, 0.15) is 23.0 Å². The molecular weight excluding hydrogens is 310 g/mol. The number of likely N-dealkylation sites (tertiary alicyclic amines) is 1. The van der Waals surface area contributed by atoms with Crippen LogP contribution in [0, 0.1) is 6.92 Å². The Bertz CT molecular complexity index is 728. The largest absolute Gasteiger partial charge is 0.497 e. The molecule has 7 heteroatoms. The van der Waals surface area contributed by atoms with Crippen molar-refractivity contribution in [2.45, 2.75) is 25.8 Å². The highest BCUT2D eigenvalue weighted by molar-refractivity contribution is 5.91. The second kappa shape index (κ2) is 6.82. The normalized spacial score (nSPS) is 17.0. The Hall–Kier alpha value is -2.70. The van der Waals surface area contributed by atoms with Gasteiger partial charge in [-0.15, -0.1) is 0 Å². The molecule has 1 aromatic heterocycles. The van der Waals surface area contributed by atoms with Gasteiger partial charge in [0.25, 0.3) is 0 Å². The van der Waals surface area contributed by atoms with Gasteiger partial charge in [-0.2, -0.15) is 0 Å². The lowest BCUT2D eigenvalue weighted by Crippen LogP contribution is -2.34. The number of benzene rings is 1. The monoisotopic (exact) mass is 331 g/mol. The molecule has 1 atom stereocenters. The third kappa shape index (κ3) is 3.15. The highest BCUT2D eigenvalue weighted by Gasteiger charge is 2.32. The average molecular weight is 331 g/mol. The molecule has 1 aromatic carbocycles. The minimum Gasteiger partial charge on any atom is -0.497 e. The van der Waals surface area contributed by atoms with Crippen LogP contribution >= 0.6 is 0 Å². The smallest absolute Gasteiger partial charge is 0.322 e. The second-order valence-electron chi connectivity index (χ2n) is 5.71. The fraction of sp³-hybridized carbons (Fsp3) is 0.412. The summed E-state index contributed by atoms with van der Waals surface area (Å²) >= 11 is 0. The predicted octanol–water partition coefficient (Wildman–Crippen LogP) is 3.37. The summed E-state index contributed by atoms with van der Waals surface area (Å²) in [5.41, 5.74) is 1.40. The summed E-state index contributed by atoms with van der Waals surface area (Å²) in [6.45, 7) is 2.53. The van der Waals surface area contributed by atoms with Gasteiger partial charge in [-0.05, 0) is 31.9 Å². The Kier molecular flexibility index (Phi) is 4.59. The molecule has 1 aliphatic rings. The minimum atomic E-state index is -0.179. The summed E-state index contributed by atoms with van der Waals surface area (Å²) < 4.78 is 15.6. The molecule has 7 nitrogen and oxygen atoms in total. The number of aryl methyl sites for hydroxylation is 1. The minimum absolute atomic E-state index is 0.0632. The number of hydrogen-bond acceptors (Lipinski definition) is 5. The van der Waals surface area contributed by atoms with Crippen LogP contribution in [0.3, 0.4) is 0 Å². The Morgan fingerprint density at radius 1 is 1.33 bits per heavy atom. The van der Waals surface area contributed by atoms with Crippen molar-refractivity contribution in [1.29, 1.82) is 0 Å². The van der Waals surface area contributed by atoms with Crippen LogP contribution in [0.25, 0.3) is 0 Å². The van der Waals surface area contributed by atoms with Crippen molar-refractivity contribution in [2.24, 2.45) is 0 Å². The highest BCUT2D eigenvalue weighted by atomic mass is 16.5. The number of hydrogen-bond donors (Lipinski definition) is 1. The van der Waals surface area contributed by atoms with Gasteiger partial charge in [-0.25, -0.2) is 4.79 Å². The Labute approximate surface area is 140 Å². The van der Waals surface area contributed by atoms with Crippen molar-refractivity contribution < 1.29 is 18.8 Å². The van der Waals surface area contributed by atoms with E-state index < -0.39 is 0 Å². The van der Waals surface area contributed by atoms with Gasteiger partial charge in [-0.1, -0.05) is 5.16 Å². The molecule has 2 heterocycles. The highest BCUT2D eigenvalue weighted by Crippen LogP contribution is 2.34. The number of rotatable bonds is 4. The van der Waals surface area contributed by atoms with Crippen LogP contribution in [0.4, 0.5) is 10.5 Å². The lowest BCUT2D eigenvalue weighted by atomic mass is 10.1. The number of anilines is 1. The lowest BCUT2D eigenvalue weighted by Gasteiger charge is -2.24. The molecule has 2 amide bonds. The Balaban J connectivity index is 1.77. The molecule has 1 aliphatic heterocycles. The quantitative estimate of drug-likeness (QED) is 0.929. The molecule has 1 fully saturated rings. The van der Waals surface area contributed by atoms with E-state index in [-0.39, 0.29) is 12.1 Å². The molecule has 1 N–H and O–H groups in total. The van der Waals surface area contributed by atoms with Crippen LogP contribution in [0.15, 0.2) is 28.8 Å². The number of nitrogens with zero attached hydrogens (tertiary/aromatic N) is 2. The zero-order valence-electron chi connectivity index (χ0n) is 14.0. The number of amides is 2. The third-order valence-electron chi connectivity index (χ3n) is 4.15. The maximum atomic E-state index is 12.7. The first-order valence-corrected chi connectivity index (χ1v) is 7.85. The fourth-order valence-electron chi connectivity index (χ4n) is 2.95. The van der Waals surface area contributed by atoms with Crippen LogP contribution in [0.1, 0.15) is 30.3 Å². The van der Waals surface area contributed by atoms with Crippen molar-refractivity contribution >= 4 is 11.7 Å². The van der Waals surface area contributed by atoms with Crippen molar-refractivity contribution in [1.82, 2.24) is 10.1 Å². The molecule has 1 saturated heterocycles. The van der Waals surface area contributed by atoms with Gasteiger partial charge in [0.2, 0.25) is 0 Å². The number of carbonyl (C=O) groups is 1. The molecule has 3 rings (SSSR count). The molecule has 128 valence electrons. The molecule has 0 bridgehead atoms. The van der Waals surface area contributed by atoms with E-state index >= 15 is 0 Å². The third-order valence-corrected chi connectivity index (χ3v) is 4.15. The number of aromatic nitrogens is 1. The first-order valence-electron chi connectivity index (χ1n) is 7.85. The Morgan fingerprint density at radius 2 is 2.17 bits per heavy atom. The zero-order valence-corrected chi connectivity index (χ0v) is 14.0. The summed E-state index contributed by atoms with van der Waals surface area (Å²) in [5.74, 6) is 1.96. The number of urea groups is 1. The summed E-state index contributed by atoms with van der Waals surface area (Å²) in [6, 6.07) is 6.91. The van der Waals surface area contributed by atoms with E-state index in [0.29, 0.717) is 23.7 Å². The van der Waals surface area contributed by atoms with E-state index in [1.54, 1.807) is 37.3 Å². The standard InChI is InChI=1S/C17H21N3O4/c1-11-9-14(19-24-11)15-5-4-8-20(15)17(21)18-13-7-6-12(22-2)10-16(13)23-3/h6-7,9-10,15H,4-5,8H2,1-3H3,(H,18,21). The van der Waals surface area contributed by atoms with Gasteiger partial charge in [0, 0.05) is 18.7 Å². The maximum absolute atomic E-state index is 12.7. The van der Waals surface area contributed by atoms with Crippen molar-refractivity contribution in [3.8, 4) is 11.5 Å². The predicted molar refractivity (Wildman–Crippen MR) is 88.5 cm³/mol. The van der Waals surface area contributed by atoms with Crippen LogP contribution in [0.5, 0.6) is 11.5 Å². The van der Waals surface area contributed by atoms with E-state index in [1.165, 1.54) is 0 Å². The van der Waals surface area contributed by atoms with Crippen LogP contribution in [-0.4, -0.2) is 36.9 Å². The van der Waals surface area contributed by atoms with Crippen molar-refractivity contribution in [3.05, 3.63) is 35.7 Å². The van der Waals surface area contributed by atoms with Gasteiger partial charge < -0.3 is 24.2 Å². The lowest BCUT2D eigenvalue weighted by molar-refractivity contribution is 0.204. The summed E-state index contributed by atoms with van der Waals surface area (Å²) in [4.78, 5) is 14.5. The zero-order chi connectivity index (χ0) is 17.1. The molecule has 0 radical (unpaired) electrons. The number of methoxy groups -OCH3 is 2. The van der Waals surface area contributed by atoms with Crippen LogP contribution < -0.4 is 14.8 Å².